The summed E-state index contributed by atoms with van der Waals surface area (Å²) in [5, 5.41) is 3.49. The van der Waals surface area contributed by atoms with Crippen molar-refractivity contribution < 1.29 is 14.4 Å². The van der Waals surface area contributed by atoms with Crippen molar-refractivity contribution in [3.63, 3.8) is 0 Å². The molecule has 150 valence electrons. The van der Waals surface area contributed by atoms with E-state index in [9.17, 15) is 14.4 Å². The molecule has 29 heavy (non-hydrogen) atoms. The predicted octanol–water partition coefficient (Wildman–Crippen LogP) is 2.96. The first-order valence-corrected chi connectivity index (χ1v) is 10.2. The van der Waals surface area contributed by atoms with Crippen LogP contribution in [0.15, 0.2) is 42.5 Å². The molecule has 1 saturated heterocycles. The van der Waals surface area contributed by atoms with Gasteiger partial charge in [-0.25, -0.2) is 0 Å². The number of amides is 3. The minimum atomic E-state index is -0.383. The largest absolute Gasteiger partial charge is 0.351 e. The van der Waals surface area contributed by atoms with Crippen LogP contribution in [0.4, 0.5) is 0 Å². The summed E-state index contributed by atoms with van der Waals surface area (Å²) in [7, 11) is 0. The highest BCUT2D eigenvalue weighted by molar-refractivity contribution is 6.30. The van der Waals surface area contributed by atoms with E-state index >= 15 is 0 Å². The summed E-state index contributed by atoms with van der Waals surface area (Å²) in [5.74, 6) is -0.962. The average Bonchev–Trinajstić information content (AvgIpc) is 3.32. The van der Waals surface area contributed by atoms with Crippen LogP contribution in [0.2, 0.25) is 5.02 Å². The summed E-state index contributed by atoms with van der Waals surface area (Å²) in [6.45, 7) is 3.71. The van der Waals surface area contributed by atoms with E-state index in [1.807, 2.05) is 0 Å². The maximum absolute atomic E-state index is 12.8. The molecule has 2 aromatic rings. The molecular formula is C22H22ClN3O3. The van der Waals surface area contributed by atoms with Gasteiger partial charge in [0.25, 0.3) is 17.7 Å². The Morgan fingerprint density at radius 2 is 1.66 bits per heavy atom. The first-order chi connectivity index (χ1) is 14.0. The molecule has 0 atom stereocenters. The second-order valence-corrected chi connectivity index (χ2v) is 7.82. The van der Waals surface area contributed by atoms with Gasteiger partial charge in [-0.2, -0.15) is 0 Å². The Hall–Kier alpha value is -2.70. The highest BCUT2D eigenvalue weighted by atomic mass is 35.5. The monoisotopic (exact) mass is 411 g/mol. The number of halogens is 1. The number of hydrogen-bond acceptors (Lipinski definition) is 4. The third kappa shape index (κ3) is 4.18. The SMILES string of the molecule is O=C(NCCN1CCCC1)c1ccc2c(c1)C(=O)N(Cc1ccc(Cl)cc1)C2=O. The van der Waals surface area contributed by atoms with Gasteiger partial charge in [-0.1, -0.05) is 23.7 Å². The van der Waals surface area contributed by atoms with Crippen LogP contribution in [0.1, 0.15) is 49.5 Å². The van der Waals surface area contributed by atoms with Gasteiger partial charge < -0.3 is 10.2 Å². The Morgan fingerprint density at radius 3 is 2.38 bits per heavy atom. The van der Waals surface area contributed by atoms with Gasteiger partial charge in [-0.15, -0.1) is 0 Å². The number of fused-ring (bicyclic) bond motifs is 1. The maximum atomic E-state index is 12.8. The molecular weight excluding hydrogens is 390 g/mol. The fourth-order valence-corrected chi connectivity index (χ4v) is 3.91. The van der Waals surface area contributed by atoms with Crippen molar-refractivity contribution in [1.82, 2.24) is 15.1 Å². The van der Waals surface area contributed by atoms with Gasteiger partial charge in [0, 0.05) is 23.7 Å². The lowest BCUT2D eigenvalue weighted by Gasteiger charge is -2.14. The van der Waals surface area contributed by atoms with Crippen LogP contribution in [0.5, 0.6) is 0 Å². The van der Waals surface area contributed by atoms with E-state index in [2.05, 4.69) is 10.2 Å². The predicted molar refractivity (Wildman–Crippen MR) is 110 cm³/mol. The molecule has 3 amide bonds. The van der Waals surface area contributed by atoms with Gasteiger partial charge in [-0.05, 0) is 61.8 Å². The van der Waals surface area contributed by atoms with Gasteiger partial charge in [0.05, 0.1) is 17.7 Å². The summed E-state index contributed by atoms with van der Waals surface area (Å²) in [4.78, 5) is 41.4. The van der Waals surface area contributed by atoms with Crippen LogP contribution in [0.25, 0.3) is 0 Å². The van der Waals surface area contributed by atoms with Crippen molar-refractivity contribution in [3.05, 3.63) is 69.7 Å². The lowest BCUT2D eigenvalue weighted by molar-refractivity contribution is 0.0642. The minimum absolute atomic E-state index is 0.168. The molecule has 0 unspecified atom stereocenters. The quantitative estimate of drug-likeness (QED) is 0.742. The number of nitrogens with one attached hydrogen (secondary N) is 1. The number of imide groups is 1. The van der Waals surface area contributed by atoms with Gasteiger partial charge in [-0.3, -0.25) is 19.3 Å². The highest BCUT2D eigenvalue weighted by Gasteiger charge is 2.36. The van der Waals surface area contributed by atoms with Crippen molar-refractivity contribution in [3.8, 4) is 0 Å². The van der Waals surface area contributed by atoms with E-state index < -0.39 is 0 Å². The summed E-state index contributed by atoms with van der Waals surface area (Å²) < 4.78 is 0. The Morgan fingerprint density at radius 1 is 0.966 bits per heavy atom. The molecule has 0 radical (unpaired) electrons. The van der Waals surface area contributed by atoms with E-state index in [4.69, 9.17) is 11.6 Å². The minimum Gasteiger partial charge on any atom is -0.351 e. The molecule has 2 aliphatic rings. The molecule has 0 bridgehead atoms. The third-order valence-electron chi connectivity index (χ3n) is 5.40. The van der Waals surface area contributed by atoms with Crippen LogP contribution < -0.4 is 5.32 Å². The van der Waals surface area contributed by atoms with Crippen LogP contribution >= 0.6 is 11.6 Å². The number of carbonyl (C=O) groups excluding carboxylic acids is 3. The highest BCUT2D eigenvalue weighted by Crippen LogP contribution is 2.26. The van der Waals surface area contributed by atoms with Crippen molar-refractivity contribution >= 4 is 29.3 Å². The van der Waals surface area contributed by atoms with E-state index in [0.29, 0.717) is 22.7 Å². The smallest absolute Gasteiger partial charge is 0.261 e. The zero-order valence-corrected chi connectivity index (χ0v) is 16.7. The van der Waals surface area contributed by atoms with E-state index in [-0.39, 0.29) is 29.8 Å². The van der Waals surface area contributed by atoms with Gasteiger partial charge in [0.1, 0.15) is 0 Å². The van der Waals surface area contributed by atoms with Crippen LogP contribution in [0.3, 0.4) is 0 Å². The Bertz CT molecular complexity index is 952. The molecule has 6 nitrogen and oxygen atoms in total. The Kier molecular flexibility index (Phi) is 5.65. The topological polar surface area (TPSA) is 69.7 Å². The second kappa shape index (κ2) is 8.35. The number of rotatable bonds is 6. The van der Waals surface area contributed by atoms with E-state index in [1.165, 1.54) is 23.8 Å². The van der Waals surface area contributed by atoms with E-state index in [0.717, 1.165) is 25.2 Å². The molecule has 2 aliphatic heterocycles. The van der Waals surface area contributed by atoms with Crippen LogP contribution in [0, 0.1) is 0 Å². The van der Waals surface area contributed by atoms with Crippen molar-refractivity contribution in [2.24, 2.45) is 0 Å². The summed E-state index contributed by atoms with van der Waals surface area (Å²) in [6, 6.07) is 11.7. The first kappa shape index (κ1) is 19.6. The fraction of sp³-hybridized carbons (Fsp3) is 0.318. The number of carbonyl (C=O) groups is 3. The number of hydrogen-bond donors (Lipinski definition) is 1. The fourth-order valence-electron chi connectivity index (χ4n) is 3.78. The zero-order chi connectivity index (χ0) is 20.4. The standard InChI is InChI=1S/C22H22ClN3O3/c23-17-6-3-15(4-7-17)14-26-21(28)18-8-5-16(13-19(18)22(26)29)20(27)24-9-12-25-10-1-2-11-25/h3-8,13H,1-2,9-12,14H2,(H,24,27). The molecule has 0 spiro atoms. The normalized spacial score (nSPS) is 16.4. The molecule has 2 heterocycles. The molecule has 2 aromatic carbocycles. The maximum Gasteiger partial charge on any atom is 0.261 e. The molecule has 0 saturated carbocycles. The number of likely N-dealkylation sites (tertiary alicyclic amines) is 1. The number of benzene rings is 2. The van der Waals surface area contributed by atoms with Crippen molar-refractivity contribution in [1.29, 1.82) is 0 Å². The molecule has 7 heteroatoms. The molecule has 0 aliphatic carbocycles. The lowest BCUT2D eigenvalue weighted by Crippen LogP contribution is -2.33. The third-order valence-corrected chi connectivity index (χ3v) is 5.65. The van der Waals surface area contributed by atoms with Crippen LogP contribution in [-0.4, -0.2) is 53.7 Å². The Labute approximate surface area is 174 Å². The van der Waals surface area contributed by atoms with Crippen LogP contribution in [-0.2, 0) is 6.54 Å². The lowest BCUT2D eigenvalue weighted by atomic mass is 10.1. The average molecular weight is 412 g/mol. The summed E-state index contributed by atoms with van der Waals surface area (Å²) >= 11 is 5.89. The van der Waals surface area contributed by atoms with Crippen molar-refractivity contribution in [2.45, 2.75) is 19.4 Å². The van der Waals surface area contributed by atoms with E-state index in [1.54, 1.807) is 36.4 Å². The molecule has 4 rings (SSSR count). The molecule has 1 fully saturated rings. The summed E-state index contributed by atoms with van der Waals surface area (Å²) in [5.41, 5.74) is 1.80. The molecule has 0 aromatic heterocycles. The van der Waals surface area contributed by atoms with Gasteiger partial charge in [0.2, 0.25) is 0 Å². The van der Waals surface area contributed by atoms with Gasteiger partial charge in [0.15, 0.2) is 0 Å². The number of nitrogens with zero attached hydrogens (tertiary/aromatic N) is 2. The second-order valence-electron chi connectivity index (χ2n) is 7.39. The van der Waals surface area contributed by atoms with Crippen molar-refractivity contribution in [2.75, 3.05) is 26.2 Å². The Balaban J connectivity index is 1.43. The zero-order valence-electron chi connectivity index (χ0n) is 16.0. The first-order valence-electron chi connectivity index (χ1n) is 9.78. The van der Waals surface area contributed by atoms with Gasteiger partial charge >= 0.3 is 0 Å². The molecule has 1 N–H and O–H groups in total. The summed E-state index contributed by atoms with van der Waals surface area (Å²) in [6.07, 6.45) is 2.42.